The van der Waals surface area contributed by atoms with E-state index in [0.717, 1.165) is 35.7 Å². The van der Waals surface area contributed by atoms with Crippen molar-refractivity contribution in [3.05, 3.63) is 84.1 Å². The first kappa shape index (κ1) is 21.0. The van der Waals surface area contributed by atoms with E-state index in [0.29, 0.717) is 12.2 Å². The molecule has 6 heteroatoms. The van der Waals surface area contributed by atoms with E-state index in [-0.39, 0.29) is 30.0 Å². The number of ether oxygens (including phenoxy) is 2. The Morgan fingerprint density at radius 1 is 1.29 bits per heavy atom. The van der Waals surface area contributed by atoms with Gasteiger partial charge in [0.25, 0.3) is 0 Å². The molecule has 1 aromatic heterocycles. The average molecular weight is 423 g/mol. The number of rotatable bonds is 8. The maximum atomic E-state index is 14.2. The van der Waals surface area contributed by atoms with Gasteiger partial charge < -0.3 is 19.8 Å². The Kier molecular flexibility index (Phi) is 6.26. The summed E-state index contributed by atoms with van der Waals surface area (Å²) in [5.41, 5.74) is 8.74. The highest BCUT2D eigenvalue weighted by Crippen LogP contribution is 2.43. The molecule has 0 saturated carbocycles. The van der Waals surface area contributed by atoms with Crippen LogP contribution in [-0.2, 0) is 21.3 Å². The second-order valence-corrected chi connectivity index (χ2v) is 8.12. The molecule has 2 N–H and O–H groups in total. The monoisotopic (exact) mass is 422 g/mol. The topological polar surface area (TPSA) is 66.5 Å². The van der Waals surface area contributed by atoms with E-state index < -0.39 is 0 Å². The molecule has 5 nitrogen and oxygen atoms in total. The van der Waals surface area contributed by atoms with Crippen LogP contribution in [0, 0.1) is 11.7 Å². The number of aromatic nitrogens is 1. The minimum absolute atomic E-state index is 0.0871. The van der Waals surface area contributed by atoms with Crippen molar-refractivity contribution in [1.82, 2.24) is 4.57 Å². The van der Waals surface area contributed by atoms with Crippen LogP contribution in [0.4, 0.5) is 4.39 Å². The van der Waals surface area contributed by atoms with Crippen LogP contribution in [0.15, 0.2) is 72.7 Å². The number of hydrogen-bond acceptors (Lipinski definition) is 3. The van der Waals surface area contributed by atoms with Crippen LogP contribution in [0.2, 0.25) is 0 Å². The Hall–Kier alpha value is -3.28. The van der Waals surface area contributed by atoms with Crippen molar-refractivity contribution >= 4 is 16.8 Å². The van der Waals surface area contributed by atoms with Gasteiger partial charge in [0.05, 0.1) is 0 Å². The molecule has 0 spiro atoms. The Morgan fingerprint density at radius 2 is 2.16 bits per heavy atom. The summed E-state index contributed by atoms with van der Waals surface area (Å²) in [5, 5.41) is 0.840. The molecule has 1 aromatic carbocycles. The lowest BCUT2D eigenvalue weighted by atomic mass is 9.77. The number of allylic oxidation sites excluding steroid dienone is 5. The van der Waals surface area contributed by atoms with Crippen molar-refractivity contribution in [3.8, 4) is 0 Å². The van der Waals surface area contributed by atoms with E-state index in [1.165, 1.54) is 24.2 Å². The molecule has 2 aromatic rings. The molecular formula is C25H27FN2O3. The fraction of sp³-hybridized carbons (Fsp3) is 0.320. The molecule has 4 rings (SSSR count). The lowest BCUT2D eigenvalue weighted by molar-refractivity contribution is -0.118. The molecule has 1 aliphatic carbocycles. The summed E-state index contributed by atoms with van der Waals surface area (Å²) in [6.07, 6.45) is 16.5. The zero-order valence-corrected chi connectivity index (χ0v) is 17.6. The van der Waals surface area contributed by atoms with Crippen LogP contribution in [0.1, 0.15) is 43.6 Å². The van der Waals surface area contributed by atoms with Gasteiger partial charge in [-0.3, -0.25) is 4.79 Å². The van der Waals surface area contributed by atoms with Crippen LogP contribution in [0.25, 0.3) is 10.9 Å². The van der Waals surface area contributed by atoms with Gasteiger partial charge in [0.2, 0.25) is 5.91 Å². The molecule has 0 saturated heterocycles. The molecule has 2 heterocycles. The summed E-state index contributed by atoms with van der Waals surface area (Å²) in [5.74, 6) is -0.141. The summed E-state index contributed by atoms with van der Waals surface area (Å²) >= 11 is 0. The van der Waals surface area contributed by atoms with E-state index >= 15 is 0 Å². The number of carbonyl (C=O) groups excluding carboxylic acids is 1. The number of halogens is 1. The highest BCUT2D eigenvalue weighted by Gasteiger charge is 2.32. The van der Waals surface area contributed by atoms with Crippen LogP contribution < -0.4 is 5.73 Å². The zero-order valence-electron chi connectivity index (χ0n) is 17.6. The first-order chi connectivity index (χ1) is 15.0. The number of primary amides is 1. The first-order valence-electron chi connectivity index (χ1n) is 10.6. The molecule has 0 fully saturated rings. The number of hydrogen-bond donors (Lipinski definition) is 1. The fourth-order valence-corrected chi connectivity index (χ4v) is 4.55. The van der Waals surface area contributed by atoms with Gasteiger partial charge >= 0.3 is 0 Å². The van der Waals surface area contributed by atoms with E-state index in [4.69, 9.17) is 15.2 Å². The van der Waals surface area contributed by atoms with Gasteiger partial charge in [-0.15, -0.1) is 0 Å². The number of aryl methyl sites for hydroxylation is 1. The van der Waals surface area contributed by atoms with Crippen LogP contribution in [-0.4, -0.2) is 10.5 Å². The van der Waals surface area contributed by atoms with Crippen molar-refractivity contribution in [2.24, 2.45) is 18.7 Å². The Morgan fingerprint density at radius 3 is 2.87 bits per heavy atom. The molecule has 0 bridgehead atoms. The molecule has 2 aliphatic rings. The second-order valence-electron chi connectivity index (χ2n) is 8.12. The van der Waals surface area contributed by atoms with Gasteiger partial charge in [0.15, 0.2) is 0 Å². The summed E-state index contributed by atoms with van der Waals surface area (Å²) in [6, 6.07) is 4.81. The number of fused-ring (bicyclic) bond motifs is 1. The van der Waals surface area contributed by atoms with Gasteiger partial charge in [-0.2, -0.15) is 0 Å². The first-order valence-corrected chi connectivity index (χ1v) is 10.6. The minimum atomic E-state index is -0.357. The maximum absolute atomic E-state index is 14.2. The van der Waals surface area contributed by atoms with Gasteiger partial charge in [0.1, 0.15) is 30.4 Å². The minimum Gasteiger partial charge on any atom is -0.466 e. The van der Waals surface area contributed by atoms with E-state index in [2.05, 4.69) is 18.2 Å². The summed E-state index contributed by atoms with van der Waals surface area (Å²) < 4.78 is 27.4. The molecular weight excluding hydrogens is 395 g/mol. The number of benzene rings is 1. The molecule has 31 heavy (non-hydrogen) atoms. The lowest BCUT2D eigenvalue weighted by Crippen LogP contribution is -2.21. The third-order valence-electron chi connectivity index (χ3n) is 6.04. The molecule has 2 atom stereocenters. The predicted octanol–water partition coefficient (Wildman–Crippen LogP) is 5.31. The normalized spacial score (nSPS) is 17.5. The highest BCUT2D eigenvalue weighted by molar-refractivity contribution is 5.85. The quantitative estimate of drug-likeness (QED) is 0.627. The van der Waals surface area contributed by atoms with Crippen LogP contribution in [0.3, 0.4) is 0 Å². The molecule has 1 amide bonds. The average Bonchev–Trinajstić information content (AvgIpc) is 3.09. The van der Waals surface area contributed by atoms with Crippen LogP contribution in [0.5, 0.6) is 0 Å². The van der Waals surface area contributed by atoms with Crippen LogP contribution >= 0.6 is 0 Å². The number of carbonyl (C=O) groups is 1. The Bertz CT molecular complexity index is 1090. The van der Waals surface area contributed by atoms with Gasteiger partial charge in [-0.1, -0.05) is 23.8 Å². The van der Waals surface area contributed by atoms with Crippen molar-refractivity contribution in [1.29, 1.82) is 0 Å². The smallest absolute Gasteiger partial charge is 0.217 e. The SMILES string of the molecule is Cn1cc(C(CCC(N)=O)C(CC2=CC=CCC2)C2=COC=CO2)c2cc(F)ccc21. The zero-order chi connectivity index (χ0) is 21.8. The Labute approximate surface area is 181 Å². The number of nitrogens with two attached hydrogens (primary N) is 1. The fourth-order valence-electron chi connectivity index (χ4n) is 4.55. The van der Waals surface area contributed by atoms with Crippen molar-refractivity contribution < 1.29 is 18.7 Å². The molecule has 2 unspecified atom stereocenters. The van der Waals surface area contributed by atoms with Crippen molar-refractivity contribution in [2.75, 3.05) is 0 Å². The van der Waals surface area contributed by atoms with Gasteiger partial charge in [0, 0.05) is 36.5 Å². The summed E-state index contributed by atoms with van der Waals surface area (Å²) in [4.78, 5) is 11.7. The lowest BCUT2D eigenvalue weighted by Gasteiger charge is -2.30. The third-order valence-corrected chi connectivity index (χ3v) is 6.04. The van der Waals surface area contributed by atoms with E-state index in [9.17, 15) is 9.18 Å². The molecule has 162 valence electrons. The summed E-state index contributed by atoms with van der Waals surface area (Å²) in [6.45, 7) is 0. The molecule has 0 radical (unpaired) electrons. The largest absolute Gasteiger partial charge is 0.466 e. The van der Waals surface area contributed by atoms with Crippen molar-refractivity contribution in [3.63, 3.8) is 0 Å². The van der Waals surface area contributed by atoms with Crippen molar-refractivity contribution in [2.45, 2.75) is 38.0 Å². The predicted molar refractivity (Wildman–Crippen MR) is 118 cm³/mol. The third kappa shape index (κ3) is 4.74. The Balaban J connectivity index is 1.80. The maximum Gasteiger partial charge on any atom is 0.217 e. The number of amides is 1. The van der Waals surface area contributed by atoms with Gasteiger partial charge in [-0.05, 0) is 55.4 Å². The highest BCUT2D eigenvalue weighted by atomic mass is 19.1. The second kappa shape index (κ2) is 9.25. The van der Waals surface area contributed by atoms with E-state index in [1.54, 1.807) is 18.4 Å². The van der Waals surface area contributed by atoms with E-state index in [1.807, 2.05) is 17.8 Å². The summed E-state index contributed by atoms with van der Waals surface area (Å²) in [7, 11) is 1.95. The number of nitrogens with zero attached hydrogens (tertiary/aromatic N) is 1. The van der Waals surface area contributed by atoms with Gasteiger partial charge in [-0.25, -0.2) is 4.39 Å². The molecule has 1 aliphatic heterocycles. The standard InChI is InChI=1S/C25H27FN2O3/c1-28-15-22(20-14-18(26)7-9-23(20)28)19(8-10-25(27)29)21(24-16-30-11-12-31-24)13-17-5-3-2-4-6-17/h2-3,5,7,9,11-12,14-16,19,21H,4,6,8,10,13H2,1H3,(H2,27,29).